The number of hydrogen-bond donors (Lipinski definition) is 1. The molecule has 1 unspecified atom stereocenters. The van der Waals surface area contributed by atoms with E-state index in [1.165, 1.54) is 11.1 Å². The highest BCUT2D eigenvalue weighted by atomic mass is 32.2. The normalized spacial score (nSPS) is 12.6. The Bertz CT molecular complexity index is 470. The Morgan fingerprint density at radius 1 is 1.39 bits per heavy atom. The van der Waals surface area contributed by atoms with Crippen molar-refractivity contribution in [3.63, 3.8) is 0 Å². The second-order valence-corrected chi connectivity index (χ2v) is 5.05. The summed E-state index contributed by atoms with van der Waals surface area (Å²) >= 11 is 1.64. The molecule has 0 amide bonds. The van der Waals surface area contributed by atoms with E-state index < -0.39 is 0 Å². The molecule has 3 nitrogen and oxygen atoms in total. The summed E-state index contributed by atoms with van der Waals surface area (Å²) < 4.78 is 5.25. The summed E-state index contributed by atoms with van der Waals surface area (Å²) in [6.45, 7) is 5.22. The van der Waals surface area contributed by atoms with Crippen LogP contribution in [0.1, 0.15) is 24.1 Å². The van der Waals surface area contributed by atoms with Gasteiger partial charge in [0.2, 0.25) is 0 Å². The number of hydrogen-bond acceptors (Lipinski definition) is 4. The van der Waals surface area contributed by atoms with E-state index in [2.05, 4.69) is 48.4 Å². The van der Waals surface area contributed by atoms with Gasteiger partial charge in [0.1, 0.15) is 6.26 Å². The summed E-state index contributed by atoms with van der Waals surface area (Å²) in [7, 11) is 0. The van der Waals surface area contributed by atoms with Gasteiger partial charge in [-0.1, -0.05) is 43.0 Å². The third-order valence-electron chi connectivity index (χ3n) is 2.80. The number of benzene rings is 1. The second kappa shape index (κ2) is 6.61. The Labute approximate surface area is 112 Å². The van der Waals surface area contributed by atoms with Crippen LogP contribution in [0.3, 0.4) is 0 Å². The van der Waals surface area contributed by atoms with Crippen molar-refractivity contribution in [1.29, 1.82) is 0 Å². The highest BCUT2D eigenvalue weighted by Crippen LogP contribution is 2.25. The molecule has 0 saturated heterocycles. The number of oxazole rings is 1. The topological polar surface area (TPSA) is 38.1 Å². The van der Waals surface area contributed by atoms with E-state index in [1.807, 2.05) is 0 Å². The SMILES string of the molecule is CCNC(CSc1ncco1)c1ccccc1C. The summed E-state index contributed by atoms with van der Waals surface area (Å²) in [5, 5.41) is 4.24. The first-order valence-electron chi connectivity index (χ1n) is 6.12. The minimum Gasteiger partial charge on any atom is -0.440 e. The summed E-state index contributed by atoms with van der Waals surface area (Å²) in [4.78, 5) is 4.13. The van der Waals surface area contributed by atoms with Crippen molar-refractivity contribution in [3.05, 3.63) is 47.9 Å². The number of aromatic nitrogens is 1. The molecule has 1 aromatic heterocycles. The Hall–Kier alpha value is -1.26. The van der Waals surface area contributed by atoms with Gasteiger partial charge < -0.3 is 9.73 Å². The predicted octanol–water partition coefficient (Wildman–Crippen LogP) is 3.43. The van der Waals surface area contributed by atoms with Crippen molar-refractivity contribution in [1.82, 2.24) is 10.3 Å². The lowest BCUT2D eigenvalue weighted by atomic mass is 10.0. The maximum absolute atomic E-state index is 5.25. The third kappa shape index (κ3) is 3.37. The summed E-state index contributed by atoms with van der Waals surface area (Å²) in [5.74, 6) is 0.916. The van der Waals surface area contributed by atoms with Crippen molar-refractivity contribution in [2.75, 3.05) is 12.3 Å². The molecule has 1 aromatic carbocycles. The van der Waals surface area contributed by atoms with E-state index in [0.717, 1.165) is 17.5 Å². The minimum absolute atomic E-state index is 0.327. The van der Waals surface area contributed by atoms with Crippen LogP contribution in [0.4, 0.5) is 0 Å². The van der Waals surface area contributed by atoms with Crippen LogP contribution in [0.2, 0.25) is 0 Å². The zero-order valence-corrected chi connectivity index (χ0v) is 11.5. The van der Waals surface area contributed by atoms with Gasteiger partial charge in [0, 0.05) is 11.8 Å². The largest absolute Gasteiger partial charge is 0.440 e. The van der Waals surface area contributed by atoms with Crippen LogP contribution in [-0.4, -0.2) is 17.3 Å². The molecule has 0 fully saturated rings. The summed E-state index contributed by atoms with van der Waals surface area (Å²) in [5.41, 5.74) is 2.66. The van der Waals surface area contributed by atoms with Gasteiger partial charge in [0.15, 0.2) is 0 Å². The minimum atomic E-state index is 0.327. The molecule has 96 valence electrons. The standard InChI is InChI=1S/C14H18N2OS/c1-3-15-13(10-18-14-16-8-9-17-14)12-7-5-4-6-11(12)2/h4-9,13,15H,3,10H2,1-2H3. The lowest BCUT2D eigenvalue weighted by Crippen LogP contribution is -2.23. The first kappa shape index (κ1) is 13.2. The number of aryl methyl sites for hydroxylation is 1. The van der Waals surface area contributed by atoms with Gasteiger partial charge in [-0.15, -0.1) is 0 Å². The molecule has 0 aliphatic carbocycles. The molecule has 0 aliphatic heterocycles. The molecule has 18 heavy (non-hydrogen) atoms. The molecule has 4 heteroatoms. The van der Waals surface area contributed by atoms with E-state index in [-0.39, 0.29) is 0 Å². The molecule has 0 saturated carbocycles. The second-order valence-electron chi connectivity index (χ2n) is 4.08. The number of nitrogens with zero attached hydrogens (tertiary/aromatic N) is 1. The summed E-state index contributed by atoms with van der Waals surface area (Å²) in [6, 6.07) is 8.81. The maximum atomic E-state index is 5.25. The fourth-order valence-electron chi connectivity index (χ4n) is 1.92. The molecule has 2 rings (SSSR count). The average molecular weight is 262 g/mol. The van der Waals surface area contributed by atoms with Crippen LogP contribution in [0.15, 0.2) is 46.4 Å². The van der Waals surface area contributed by atoms with Crippen LogP contribution < -0.4 is 5.32 Å². The monoisotopic (exact) mass is 262 g/mol. The highest BCUT2D eigenvalue weighted by molar-refractivity contribution is 7.99. The summed E-state index contributed by atoms with van der Waals surface area (Å²) in [6.07, 6.45) is 3.29. The van der Waals surface area contributed by atoms with E-state index in [1.54, 1.807) is 24.2 Å². The van der Waals surface area contributed by atoms with Crippen molar-refractivity contribution in [2.45, 2.75) is 25.1 Å². The predicted molar refractivity (Wildman–Crippen MR) is 74.8 cm³/mol. The number of nitrogens with one attached hydrogen (secondary N) is 1. The van der Waals surface area contributed by atoms with Gasteiger partial charge >= 0.3 is 0 Å². The Balaban J connectivity index is 2.06. The van der Waals surface area contributed by atoms with Crippen molar-refractivity contribution in [3.8, 4) is 0 Å². The fraction of sp³-hybridized carbons (Fsp3) is 0.357. The molecule has 1 heterocycles. The molecule has 0 radical (unpaired) electrons. The van der Waals surface area contributed by atoms with Gasteiger partial charge in [-0.3, -0.25) is 0 Å². The molecule has 0 spiro atoms. The Kier molecular flexibility index (Phi) is 4.84. The number of thioether (sulfide) groups is 1. The quantitative estimate of drug-likeness (QED) is 0.809. The molecule has 0 aliphatic rings. The van der Waals surface area contributed by atoms with Gasteiger partial charge in [-0.25, -0.2) is 4.98 Å². The Morgan fingerprint density at radius 3 is 2.89 bits per heavy atom. The molecule has 0 bridgehead atoms. The van der Waals surface area contributed by atoms with Crippen LogP contribution in [0.5, 0.6) is 0 Å². The smallest absolute Gasteiger partial charge is 0.255 e. The van der Waals surface area contributed by atoms with Gasteiger partial charge in [0.05, 0.1) is 6.20 Å². The van der Waals surface area contributed by atoms with Crippen molar-refractivity contribution >= 4 is 11.8 Å². The zero-order valence-electron chi connectivity index (χ0n) is 10.7. The fourth-order valence-corrected chi connectivity index (χ4v) is 2.78. The highest BCUT2D eigenvalue weighted by Gasteiger charge is 2.13. The van der Waals surface area contributed by atoms with Gasteiger partial charge in [0.25, 0.3) is 5.22 Å². The lowest BCUT2D eigenvalue weighted by Gasteiger charge is -2.19. The lowest BCUT2D eigenvalue weighted by molar-refractivity contribution is 0.453. The first-order valence-corrected chi connectivity index (χ1v) is 7.11. The maximum Gasteiger partial charge on any atom is 0.255 e. The average Bonchev–Trinajstić information content (AvgIpc) is 2.88. The van der Waals surface area contributed by atoms with Crippen LogP contribution in [0.25, 0.3) is 0 Å². The molecular formula is C14H18N2OS. The molecule has 1 atom stereocenters. The first-order chi connectivity index (χ1) is 8.81. The van der Waals surface area contributed by atoms with E-state index in [4.69, 9.17) is 4.42 Å². The van der Waals surface area contributed by atoms with E-state index in [9.17, 15) is 0 Å². The van der Waals surface area contributed by atoms with Crippen LogP contribution >= 0.6 is 11.8 Å². The zero-order chi connectivity index (χ0) is 12.8. The third-order valence-corrected chi connectivity index (χ3v) is 3.75. The number of rotatable bonds is 6. The van der Waals surface area contributed by atoms with E-state index in [0.29, 0.717) is 6.04 Å². The molecular weight excluding hydrogens is 244 g/mol. The van der Waals surface area contributed by atoms with Crippen LogP contribution in [-0.2, 0) is 0 Å². The van der Waals surface area contributed by atoms with Crippen molar-refractivity contribution < 1.29 is 4.42 Å². The van der Waals surface area contributed by atoms with Crippen LogP contribution in [0, 0.1) is 6.92 Å². The Morgan fingerprint density at radius 2 is 2.22 bits per heavy atom. The van der Waals surface area contributed by atoms with Gasteiger partial charge in [-0.05, 0) is 24.6 Å². The van der Waals surface area contributed by atoms with E-state index >= 15 is 0 Å². The molecule has 2 aromatic rings. The molecule has 1 N–H and O–H groups in total. The van der Waals surface area contributed by atoms with Crippen molar-refractivity contribution in [2.24, 2.45) is 0 Å². The van der Waals surface area contributed by atoms with Gasteiger partial charge in [-0.2, -0.15) is 0 Å².